The van der Waals surface area contributed by atoms with Crippen LogP contribution < -0.4 is 5.32 Å². The number of likely N-dealkylation sites (N-methyl/N-ethyl adjacent to an activating group) is 1. The second-order valence-corrected chi connectivity index (χ2v) is 6.51. The zero-order chi connectivity index (χ0) is 17.4. The van der Waals surface area contributed by atoms with Crippen molar-refractivity contribution in [2.24, 2.45) is 0 Å². The van der Waals surface area contributed by atoms with Crippen LogP contribution in [0.25, 0.3) is 10.9 Å². The average Bonchev–Trinajstić information content (AvgIpc) is 3.20. The standard InChI is InChI=1S/C18H19N5O2/c1-22-8-6-12(11-22)15-10-20-16-5-4-13(9-14(15)16)21-18-17(23(24)25)3-2-7-19-18/h2-5,7,9-10,12,20H,6,8,11H2,1H3,(H,19,21). The molecule has 1 unspecified atom stereocenters. The third-order valence-electron chi connectivity index (χ3n) is 4.79. The first kappa shape index (κ1) is 15.6. The molecule has 1 aromatic carbocycles. The summed E-state index contributed by atoms with van der Waals surface area (Å²) in [6, 6.07) is 8.95. The molecule has 25 heavy (non-hydrogen) atoms. The van der Waals surface area contributed by atoms with Crippen LogP contribution in [0.4, 0.5) is 17.2 Å². The first-order valence-electron chi connectivity index (χ1n) is 8.28. The Bertz CT molecular complexity index is 936. The third kappa shape index (κ3) is 2.94. The van der Waals surface area contributed by atoms with Crippen LogP contribution in [0.1, 0.15) is 17.9 Å². The van der Waals surface area contributed by atoms with E-state index in [1.165, 1.54) is 11.6 Å². The number of hydrogen-bond donors (Lipinski definition) is 2. The molecule has 0 radical (unpaired) electrons. The maximum atomic E-state index is 11.2. The molecule has 0 bridgehead atoms. The molecule has 0 spiro atoms. The van der Waals surface area contributed by atoms with Gasteiger partial charge in [0.25, 0.3) is 0 Å². The van der Waals surface area contributed by atoms with Crippen molar-refractivity contribution in [3.05, 3.63) is 58.4 Å². The van der Waals surface area contributed by atoms with E-state index < -0.39 is 4.92 Å². The number of likely N-dealkylation sites (tertiary alicyclic amines) is 1. The molecule has 1 fully saturated rings. The van der Waals surface area contributed by atoms with E-state index >= 15 is 0 Å². The van der Waals surface area contributed by atoms with Crippen LogP contribution in [0.5, 0.6) is 0 Å². The Morgan fingerprint density at radius 1 is 1.40 bits per heavy atom. The number of aromatic amines is 1. The Labute approximate surface area is 144 Å². The molecule has 3 aromatic rings. The molecule has 1 aliphatic heterocycles. The van der Waals surface area contributed by atoms with Gasteiger partial charge in [0, 0.05) is 41.6 Å². The van der Waals surface area contributed by atoms with Gasteiger partial charge in [-0.25, -0.2) is 4.98 Å². The van der Waals surface area contributed by atoms with E-state index in [1.54, 1.807) is 12.3 Å². The van der Waals surface area contributed by atoms with E-state index in [0.29, 0.717) is 5.92 Å². The van der Waals surface area contributed by atoms with Crippen molar-refractivity contribution in [1.82, 2.24) is 14.9 Å². The van der Waals surface area contributed by atoms with Crippen molar-refractivity contribution >= 4 is 28.1 Å². The van der Waals surface area contributed by atoms with Gasteiger partial charge in [-0.1, -0.05) is 0 Å². The number of hydrogen-bond acceptors (Lipinski definition) is 5. The van der Waals surface area contributed by atoms with Gasteiger partial charge < -0.3 is 15.2 Å². The highest BCUT2D eigenvalue weighted by Gasteiger charge is 2.23. The predicted molar refractivity (Wildman–Crippen MR) is 97.3 cm³/mol. The Morgan fingerprint density at radius 3 is 3.04 bits per heavy atom. The summed E-state index contributed by atoms with van der Waals surface area (Å²) in [4.78, 5) is 20.5. The fourth-order valence-electron chi connectivity index (χ4n) is 3.52. The molecule has 1 aliphatic rings. The van der Waals surface area contributed by atoms with Crippen LogP contribution in [-0.2, 0) is 0 Å². The summed E-state index contributed by atoms with van der Waals surface area (Å²) in [6.45, 7) is 2.16. The number of rotatable bonds is 4. The molecule has 0 amide bonds. The van der Waals surface area contributed by atoms with Crippen LogP contribution in [-0.4, -0.2) is 39.9 Å². The minimum Gasteiger partial charge on any atom is -0.361 e. The Balaban J connectivity index is 1.69. The van der Waals surface area contributed by atoms with Crippen LogP contribution in [0.2, 0.25) is 0 Å². The Morgan fingerprint density at radius 2 is 2.28 bits per heavy atom. The second-order valence-electron chi connectivity index (χ2n) is 6.51. The van der Waals surface area contributed by atoms with Gasteiger partial charge in [-0.15, -0.1) is 0 Å². The lowest BCUT2D eigenvalue weighted by Crippen LogP contribution is -2.13. The van der Waals surface area contributed by atoms with Gasteiger partial charge in [-0.2, -0.15) is 0 Å². The summed E-state index contributed by atoms with van der Waals surface area (Å²) in [7, 11) is 2.14. The van der Waals surface area contributed by atoms with Gasteiger partial charge in [0.05, 0.1) is 4.92 Å². The van der Waals surface area contributed by atoms with Crippen molar-refractivity contribution in [3.63, 3.8) is 0 Å². The highest BCUT2D eigenvalue weighted by atomic mass is 16.6. The minimum atomic E-state index is -0.427. The lowest BCUT2D eigenvalue weighted by Gasteiger charge is -2.10. The number of fused-ring (bicyclic) bond motifs is 1. The fraction of sp³-hybridized carbons (Fsp3) is 0.278. The molecule has 2 N–H and O–H groups in total. The monoisotopic (exact) mass is 337 g/mol. The van der Waals surface area contributed by atoms with Gasteiger partial charge in [0.2, 0.25) is 5.82 Å². The van der Waals surface area contributed by atoms with Gasteiger partial charge in [-0.05, 0) is 55.8 Å². The van der Waals surface area contributed by atoms with Crippen molar-refractivity contribution in [2.75, 3.05) is 25.5 Å². The highest BCUT2D eigenvalue weighted by Crippen LogP contribution is 2.34. The number of nitro groups is 1. The van der Waals surface area contributed by atoms with Gasteiger partial charge in [-0.3, -0.25) is 10.1 Å². The van der Waals surface area contributed by atoms with Crippen LogP contribution in [0.15, 0.2) is 42.7 Å². The topological polar surface area (TPSA) is 87.1 Å². The first-order valence-corrected chi connectivity index (χ1v) is 8.28. The lowest BCUT2D eigenvalue weighted by molar-refractivity contribution is -0.384. The largest absolute Gasteiger partial charge is 0.361 e. The number of H-pyrrole nitrogens is 1. The summed E-state index contributed by atoms with van der Waals surface area (Å²) in [5.74, 6) is 0.766. The molecule has 2 aromatic heterocycles. The van der Waals surface area contributed by atoms with Crippen LogP contribution in [0.3, 0.4) is 0 Å². The molecule has 0 saturated carbocycles. The normalized spacial score (nSPS) is 17.9. The van der Waals surface area contributed by atoms with Crippen molar-refractivity contribution in [1.29, 1.82) is 0 Å². The maximum Gasteiger partial charge on any atom is 0.311 e. The summed E-state index contributed by atoms with van der Waals surface area (Å²) in [5.41, 5.74) is 3.14. The van der Waals surface area contributed by atoms with E-state index in [0.717, 1.165) is 36.1 Å². The molecule has 0 aliphatic carbocycles. The summed E-state index contributed by atoms with van der Waals surface area (Å²) >= 11 is 0. The van der Waals surface area contributed by atoms with Crippen molar-refractivity contribution in [2.45, 2.75) is 12.3 Å². The molecule has 7 nitrogen and oxygen atoms in total. The SMILES string of the molecule is CN1CCC(c2c[nH]c3ccc(Nc4ncccc4[N+](=O)[O-])cc23)C1. The van der Waals surface area contributed by atoms with Crippen LogP contribution >= 0.6 is 0 Å². The van der Waals surface area contributed by atoms with E-state index in [1.807, 2.05) is 18.2 Å². The number of anilines is 2. The summed E-state index contributed by atoms with van der Waals surface area (Å²) < 4.78 is 0. The van der Waals surface area contributed by atoms with E-state index in [9.17, 15) is 10.1 Å². The fourth-order valence-corrected chi connectivity index (χ4v) is 3.52. The van der Waals surface area contributed by atoms with E-state index in [4.69, 9.17) is 0 Å². The molecule has 128 valence electrons. The molecular formula is C18H19N5O2. The molecule has 4 rings (SSSR count). The molecule has 1 atom stereocenters. The Kier molecular flexibility index (Phi) is 3.85. The van der Waals surface area contributed by atoms with E-state index in [2.05, 4.69) is 33.4 Å². The molecular weight excluding hydrogens is 318 g/mol. The van der Waals surface area contributed by atoms with Gasteiger partial charge in [0.15, 0.2) is 0 Å². The second kappa shape index (κ2) is 6.18. The quantitative estimate of drug-likeness (QED) is 0.561. The number of aromatic nitrogens is 2. The molecule has 7 heteroatoms. The highest BCUT2D eigenvalue weighted by molar-refractivity contribution is 5.88. The van der Waals surface area contributed by atoms with E-state index in [-0.39, 0.29) is 11.5 Å². The number of nitrogens with one attached hydrogen (secondary N) is 2. The number of nitrogens with zero attached hydrogens (tertiary/aromatic N) is 3. The van der Waals surface area contributed by atoms with Crippen molar-refractivity contribution in [3.8, 4) is 0 Å². The molecule has 1 saturated heterocycles. The lowest BCUT2D eigenvalue weighted by atomic mass is 9.97. The predicted octanol–water partition coefficient (Wildman–Crippen LogP) is 3.63. The van der Waals surface area contributed by atoms with Crippen LogP contribution in [0, 0.1) is 10.1 Å². The zero-order valence-electron chi connectivity index (χ0n) is 13.9. The zero-order valence-corrected chi connectivity index (χ0v) is 13.9. The number of benzene rings is 1. The summed E-state index contributed by atoms with van der Waals surface area (Å²) in [5, 5.41) is 15.4. The summed E-state index contributed by atoms with van der Waals surface area (Å²) in [6.07, 6.45) is 4.78. The van der Waals surface area contributed by atoms with Gasteiger partial charge >= 0.3 is 5.69 Å². The smallest absolute Gasteiger partial charge is 0.311 e. The van der Waals surface area contributed by atoms with Crippen molar-refractivity contribution < 1.29 is 4.92 Å². The first-order chi connectivity index (χ1) is 12.1. The maximum absolute atomic E-state index is 11.2. The van der Waals surface area contributed by atoms with Gasteiger partial charge in [0.1, 0.15) is 0 Å². The molecule has 3 heterocycles. The minimum absolute atomic E-state index is 0.0330. The third-order valence-corrected chi connectivity index (χ3v) is 4.79. The Hall–Kier alpha value is -2.93. The average molecular weight is 337 g/mol. The number of pyridine rings is 1.